The number of thioether (sulfide) groups is 1. The normalized spacial score (nSPS) is 14.9. The lowest BCUT2D eigenvalue weighted by molar-refractivity contribution is -0.114. The molecule has 32 heavy (non-hydrogen) atoms. The minimum atomic E-state index is -0.271. The van der Waals surface area contributed by atoms with Crippen molar-refractivity contribution in [1.82, 2.24) is 4.98 Å². The third-order valence-corrected chi connectivity index (χ3v) is 5.78. The molecule has 0 bridgehead atoms. The number of furan rings is 1. The van der Waals surface area contributed by atoms with Crippen LogP contribution in [-0.2, 0) is 9.59 Å². The third-order valence-electron chi connectivity index (χ3n) is 4.84. The van der Waals surface area contributed by atoms with E-state index in [9.17, 15) is 9.59 Å². The molecule has 0 saturated heterocycles. The van der Waals surface area contributed by atoms with E-state index in [1.807, 2.05) is 60.8 Å². The van der Waals surface area contributed by atoms with Crippen LogP contribution in [0.5, 0.6) is 0 Å². The lowest BCUT2D eigenvalue weighted by Crippen LogP contribution is -2.31. The molecule has 0 radical (unpaired) electrons. The second-order valence-corrected chi connectivity index (χ2v) is 7.97. The van der Waals surface area contributed by atoms with Gasteiger partial charge in [0.05, 0.1) is 17.7 Å². The molecule has 0 aliphatic carbocycles. The summed E-state index contributed by atoms with van der Waals surface area (Å²) < 4.78 is 5.32. The van der Waals surface area contributed by atoms with Crippen LogP contribution < -0.4 is 10.2 Å². The van der Waals surface area contributed by atoms with Crippen molar-refractivity contribution in [2.24, 2.45) is 4.99 Å². The summed E-state index contributed by atoms with van der Waals surface area (Å²) in [7, 11) is 0. The Morgan fingerprint density at radius 3 is 2.81 bits per heavy atom. The summed E-state index contributed by atoms with van der Waals surface area (Å²) in [6, 6.07) is 20.4. The molecule has 7 nitrogen and oxygen atoms in total. The van der Waals surface area contributed by atoms with Crippen LogP contribution in [0.25, 0.3) is 17.0 Å². The zero-order valence-corrected chi connectivity index (χ0v) is 17.6. The van der Waals surface area contributed by atoms with Gasteiger partial charge in [0, 0.05) is 23.5 Å². The number of benzene rings is 2. The van der Waals surface area contributed by atoms with Gasteiger partial charge < -0.3 is 14.7 Å². The third kappa shape index (κ3) is 4.08. The van der Waals surface area contributed by atoms with E-state index in [1.165, 1.54) is 22.9 Å². The standard InChI is InChI=1S/C24H18N4O3S/c29-22(26-17-9-8-16-10-11-25-20(16)13-17)15-32-24-27-21(14-19-7-4-12-31-19)23(30)28(24)18-5-2-1-3-6-18/h1-14,25H,15H2,(H,26,29)/b21-14-. The lowest BCUT2D eigenvalue weighted by atomic mass is 10.2. The highest BCUT2D eigenvalue weighted by Crippen LogP contribution is 2.29. The van der Waals surface area contributed by atoms with Crippen LogP contribution >= 0.6 is 11.8 Å². The van der Waals surface area contributed by atoms with Gasteiger partial charge in [0.15, 0.2) is 5.17 Å². The van der Waals surface area contributed by atoms with Gasteiger partial charge in [-0.3, -0.25) is 14.5 Å². The number of fused-ring (bicyclic) bond motifs is 1. The van der Waals surface area contributed by atoms with Gasteiger partial charge in [-0.05, 0) is 47.9 Å². The highest BCUT2D eigenvalue weighted by molar-refractivity contribution is 8.14. The minimum absolute atomic E-state index is 0.103. The van der Waals surface area contributed by atoms with Crippen LogP contribution in [0, 0.1) is 0 Å². The van der Waals surface area contributed by atoms with Crippen molar-refractivity contribution >= 4 is 57.1 Å². The van der Waals surface area contributed by atoms with Gasteiger partial charge in [-0.25, -0.2) is 4.99 Å². The Bertz CT molecular complexity index is 1340. The molecule has 158 valence electrons. The Kier molecular flexibility index (Phi) is 5.35. The minimum Gasteiger partial charge on any atom is -0.465 e. The van der Waals surface area contributed by atoms with E-state index in [2.05, 4.69) is 15.3 Å². The number of hydrogen-bond donors (Lipinski definition) is 2. The SMILES string of the molecule is O=C(CSC1=N/C(=C\c2ccco2)C(=O)N1c1ccccc1)Nc1ccc2cc[nH]c2c1. The Labute approximate surface area is 187 Å². The number of aromatic amines is 1. The van der Waals surface area contributed by atoms with Crippen LogP contribution in [0.3, 0.4) is 0 Å². The first-order valence-electron chi connectivity index (χ1n) is 9.90. The van der Waals surface area contributed by atoms with Gasteiger partial charge in [0.1, 0.15) is 11.5 Å². The van der Waals surface area contributed by atoms with Crippen molar-refractivity contribution in [1.29, 1.82) is 0 Å². The van der Waals surface area contributed by atoms with Crippen LogP contribution in [0.4, 0.5) is 11.4 Å². The molecule has 0 spiro atoms. The predicted molar refractivity (Wildman–Crippen MR) is 127 cm³/mol. The van der Waals surface area contributed by atoms with Gasteiger partial charge in [0.2, 0.25) is 5.91 Å². The molecule has 4 aromatic rings. The quantitative estimate of drug-likeness (QED) is 0.431. The number of carbonyl (C=O) groups excluding carboxylic acids is 2. The van der Waals surface area contributed by atoms with E-state index < -0.39 is 0 Å². The van der Waals surface area contributed by atoms with Gasteiger partial charge in [-0.15, -0.1) is 0 Å². The fourth-order valence-corrected chi connectivity index (χ4v) is 4.17. The maximum atomic E-state index is 13.1. The fourth-order valence-electron chi connectivity index (χ4n) is 3.36. The number of rotatable bonds is 5. The number of amides is 2. The van der Waals surface area contributed by atoms with Crippen molar-refractivity contribution in [3.63, 3.8) is 0 Å². The summed E-state index contributed by atoms with van der Waals surface area (Å²) >= 11 is 1.20. The number of anilines is 2. The molecule has 5 rings (SSSR count). The number of nitrogens with zero attached hydrogens (tertiary/aromatic N) is 2. The summed E-state index contributed by atoms with van der Waals surface area (Å²) in [4.78, 5) is 34.8. The molecular weight excluding hydrogens is 424 g/mol. The first-order valence-corrected chi connectivity index (χ1v) is 10.9. The number of nitrogens with one attached hydrogen (secondary N) is 2. The zero-order chi connectivity index (χ0) is 21.9. The molecule has 2 amide bonds. The molecule has 8 heteroatoms. The maximum absolute atomic E-state index is 13.1. The molecule has 2 N–H and O–H groups in total. The summed E-state index contributed by atoms with van der Waals surface area (Å²) in [5, 5.41) is 4.41. The molecule has 0 unspecified atom stereocenters. The van der Waals surface area contributed by atoms with Gasteiger partial charge in [-0.1, -0.05) is 36.0 Å². The topological polar surface area (TPSA) is 90.7 Å². The van der Waals surface area contributed by atoms with Crippen LogP contribution in [0.2, 0.25) is 0 Å². The molecule has 2 aromatic carbocycles. The first-order chi connectivity index (χ1) is 15.7. The second-order valence-electron chi connectivity index (χ2n) is 7.03. The number of aromatic nitrogens is 1. The lowest BCUT2D eigenvalue weighted by Gasteiger charge is -2.17. The number of amidine groups is 1. The van der Waals surface area contributed by atoms with Crippen molar-refractivity contribution in [3.05, 3.63) is 90.6 Å². The molecule has 0 fully saturated rings. The Morgan fingerprint density at radius 2 is 2.00 bits per heavy atom. The molecule has 1 aliphatic heterocycles. The highest BCUT2D eigenvalue weighted by atomic mass is 32.2. The second kappa shape index (κ2) is 8.60. The van der Waals surface area contributed by atoms with Gasteiger partial charge in [0.25, 0.3) is 5.91 Å². The molecule has 1 aliphatic rings. The van der Waals surface area contributed by atoms with Gasteiger partial charge in [-0.2, -0.15) is 0 Å². The molecule has 3 heterocycles. The summed E-state index contributed by atoms with van der Waals surface area (Å²) in [5.41, 5.74) is 2.59. The Morgan fingerprint density at radius 1 is 1.12 bits per heavy atom. The van der Waals surface area contributed by atoms with E-state index in [4.69, 9.17) is 4.42 Å². The van der Waals surface area contributed by atoms with Crippen molar-refractivity contribution in [2.75, 3.05) is 16.0 Å². The number of aliphatic imine (C=N–C) groups is 1. The molecular formula is C24H18N4O3S. The van der Waals surface area contributed by atoms with E-state index in [1.54, 1.807) is 18.2 Å². The average Bonchev–Trinajstić information content (AvgIpc) is 3.54. The van der Waals surface area contributed by atoms with E-state index in [0.29, 0.717) is 22.3 Å². The Hall–Kier alpha value is -4.04. The van der Waals surface area contributed by atoms with Crippen LogP contribution in [0.15, 0.2) is 94.3 Å². The molecule has 0 saturated carbocycles. The number of para-hydroxylation sites is 1. The van der Waals surface area contributed by atoms with Crippen molar-refractivity contribution in [3.8, 4) is 0 Å². The Balaban J connectivity index is 1.34. The maximum Gasteiger partial charge on any atom is 0.283 e. The summed E-state index contributed by atoms with van der Waals surface area (Å²) in [6.45, 7) is 0. The number of carbonyl (C=O) groups is 2. The van der Waals surface area contributed by atoms with Crippen molar-refractivity contribution in [2.45, 2.75) is 0 Å². The summed E-state index contributed by atoms with van der Waals surface area (Å²) in [6.07, 6.45) is 4.99. The van der Waals surface area contributed by atoms with Gasteiger partial charge >= 0.3 is 0 Å². The monoisotopic (exact) mass is 442 g/mol. The van der Waals surface area contributed by atoms with Crippen molar-refractivity contribution < 1.29 is 14.0 Å². The summed E-state index contributed by atoms with van der Waals surface area (Å²) in [5.74, 6) is 0.181. The fraction of sp³-hybridized carbons (Fsp3) is 0.0417. The average molecular weight is 443 g/mol. The predicted octanol–water partition coefficient (Wildman–Crippen LogP) is 4.88. The molecule has 0 atom stereocenters. The number of H-pyrrole nitrogens is 1. The highest BCUT2D eigenvalue weighted by Gasteiger charge is 2.32. The van der Waals surface area contributed by atoms with E-state index in [-0.39, 0.29) is 23.3 Å². The zero-order valence-electron chi connectivity index (χ0n) is 16.8. The largest absolute Gasteiger partial charge is 0.465 e. The first kappa shape index (κ1) is 19.9. The van der Waals surface area contributed by atoms with Crippen LogP contribution in [-0.4, -0.2) is 27.7 Å². The molecule has 2 aromatic heterocycles. The smallest absolute Gasteiger partial charge is 0.283 e. The van der Waals surface area contributed by atoms with E-state index >= 15 is 0 Å². The van der Waals surface area contributed by atoms with Crippen LogP contribution in [0.1, 0.15) is 5.76 Å². The van der Waals surface area contributed by atoms with E-state index in [0.717, 1.165) is 10.9 Å². The number of hydrogen-bond acceptors (Lipinski definition) is 5.